The summed E-state index contributed by atoms with van der Waals surface area (Å²) in [6, 6.07) is 18.4. The van der Waals surface area contributed by atoms with Crippen LogP contribution < -0.4 is 15.4 Å². The van der Waals surface area contributed by atoms with Crippen LogP contribution in [0.1, 0.15) is 19.7 Å². The first-order valence-electron chi connectivity index (χ1n) is 10.5. The number of para-hydroxylation sites is 1. The molecule has 31 heavy (non-hydrogen) atoms. The highest BCUT2D eigenvalue weighted by atomic mass is 127. The average molecular weight is 534 g/mol. The van der Waals surface area contributed by atoms with Gasteiger partial charge < -0.3 is 19.9 Å². The van der Waals surface area contributed by atoms with Crippen molar-refractivity contribution in [1.29, 1.82) is 0 Å². The Labute approximate surface area is 201 Å². The first kappa shape index (κ1) is 24.6. The predicted octanol–water partition coefficient (Wildman–Crippen LogP) is 3.76. The molecule has 1 heterocycles. The number of aromatic nitrogens is 3. The van der Waals surface area contributed by atoms with Crippen molar-refractivity contribution in [2.45, 2.75) is 26.8 Å². The van der Waals surface area contributed by atoms with Crippen molar-refractivity contribution in [2.24, 2.45) is 4.99 Å². The Morgan fingerprint density at radius 3 is 2.58 bits per heavy atom. The SMILES string of the molecule is CCNC(=NCCn1cnnc1CC)NCCOc1ccccc1-c1ccccc1.I. The molecule has 166 valence electrons. The maximum absolute atomic E-state index is 6.05. The second kappa shape index (κ2) is 13.6. The topological polar surface area (TPSA) is 76.4 Å². The summed E-state index contributed by atoms with van der Waals surface area (Å²) < 4.78 is 8.09. The summed E-state index contributed by atoms with van der Waals surface area (Å²) in [6.45, 7) is 7.54. The summed E-state index contributed by atoms with van der Waals surface area (Å²) in [5.74, 6) is 2.64. The molecule has 3 rings (SSSR count). The van der Waals surface area contributed by atoms with Gasteiger partial charge in [0.1, 0.15) is 24.5 Å². The maximum atomic E-state index is 6.05. The van der Waals surface area contributed by atoms with E-state index < -0.39 is 0 Å². The fourth-order valence-electron chi connectivity index (χ4n) is 3.13. The minimum Gasteiger partial charge on any atom is -0.491 e. The molecule has 0 radical (unpaired) electrons. The Balaban J connectivity index is 0.00000341. The average Bonchev–Trinajstić information content (AvgIpc) is 3.25. The molecule has 2 aromatic carbocycles. The van der Waals surface area contributed by atoms with E-state index in [-0.39, 0.29) is 24.0 Å². The van der Waals surface area contributed by atoms with Gasteiger partial charge >= 0.3 is 0 Å². The second-order valence-electron chi connectivity index (χ2n) is 6.69. The number of benzene rings is 2. The van der Waals surface area contributed by atoms with Gasteiger partial charge in [-0.15, -0.1) is 34.2 Å². The fourth-order valence-corrected chi connectivity index (χ4v) is 3.13. The smallest absolute Gasteiger partial charge is 0.191 e. The summed E-state index contributed by atoms with van der Waals surface area (Å²) in [5.41, 5.74) is 2.25. The van der Waals surface area contributed by atoms with Gasteiger partial charge in [0.05, 0.1) is 13.1 Å². The van der Waals surface area contributed by atoms with Gasteiger partial charge in [0.25, 0.3) is 0 Å². The molecule has 0 unspecified atom stereocenters. The second-order valence-corrected chi connectivity index (χ2v) is 6.69. The van der Waals surface area contributed by atoms with E-state index in [0.29, 0.717) is 19.7 Å². The van der Waals surface area contributed by atoms with Crippen LogP contribution in [0, 0.1) is 0 Å². The van der Waals surface area contributed by atoms with Crippen LogP contribution in [0.15, 0.2) is 65.9 Å². The third-order valence-corrected chi connectivity index (χ3v) is 4.59. The van der Waals surface area contributed by atoms with Crippen molar-refractivity contribution in [3.63, 3.8) is 0 Å². The van der Waals surface area contributed by atoms with Crippen LogP contribution in [0.2, 0.25) is 0 Å². The molecule has 3 aromatic rings. The molecular weight excluding hydrogens is 503 g/mol. The summed E-state index contributed by atoms with van der Waals surface area (Å²) >= 11 is 0. The maximum Gasteiger partial charge on any atom is 0.191 e. The molecule has 7 nitrogen and oxygen atoms in total. The third-order valence-electron chi connectivity index (χ3n) is 4.59. The van der Waals surface area contributed by atoms with E-state index in [2.05, 4.69) is 57.9 Å². The molecule has 0 fully saturated rings. The number of rotatable bonds is 10. The van der Waals surface area contributed by atoms with Gasteiger partial charge in [0.2, 0.25) is 0 Å². The normalized spacial score (nSPS) is 11.0. The van der Waals surface area contributed by atoms with E-state index in [1.807, 2.05) is 41.0 Å². The van der Waals surface area contributed by atoms with Gasteiger partial charge in [-0.2, -0.15) is 0 Å². The Hall–Kier alpha value is -2.62. The summed E-state index contributed by atoms with van der Waals surface area (Å²) in [4.78, 5) is 4.64. The Bertz CT molecular complexity index is 929. The van der Waals surface area contributed by atoms with E-state index >= 15 is 0 Å². The zero-order valence-corrected chi connectivity index (χ0v) is 20.5. The standard InChI is InChI=1S/C23H30N6O.HI/c1-3-22-28-27-18-29(22)16-14-25-23(24-4-2)26-15-17-30-21-13-9-8-12-20(21)19-10-6-5-7-11-19;/h5-13,18H,3-4,14-17H2,1-2H3,(H2,24,25,26);1H. The van der Waals surface area contributed by atoms with Gasteiger partial charge in [-0.3, -0.25) is 4.99 Å². The highest BCUT2D eigenvalue weighted by Crippen LogP contribution is 2.29. The van der Waals surface area contributed by atoms with Crippen LogP contribution in [-0.2, 0) is 13.0 Å². The van der Waals surface area contributed by atoms with Gasteiger partial charge in [-0.25, -0.2) is 0 Å². The number of nitrogens with one attached hydrogen (secondary N) is 2. The lowest BCUT2D eigenvalue weighted by molar-refractivity contribution is 0.323. The van der Waals surface area contributed by atoms with Crippen LogP contribution in [0.3, 0.4) is 0 Å². The lowest BCUT2D eigenvalue weighted by Gasteiger charge is -2.14. The van der Waals surface area contributed by atoms with Gasteiger partial charge in [0.15, 0.2) is 5.96 Å². The van der Waals surface area contributed by atoms with Crippen molar-refractivity contribution in [3.8, 4) is 16.9 Å². The number of hydrogen-bond donors (Lipinski definition) is 2. The highest BCUT2D eigenvalue weighted by Gasteiger charge is 2.06. The summed E-state index contributed by atoms with van der Waals surface area (Å²) in [6.07, 6.45) is 2.62. The van der Waals surface area contributed by atoms with E-state index in [1.54, 1.807) is 6.33 Å². The Morgan fingerprint density at radius 2 is 1.81 bits per heavy atom. The minimum atomic E-state index is 0. The number of hydrogen-bond acceptors (Lipinski definition) is 4. The molecule has 0 atom stereocenters. The van der Waals surface area contributed by atoms with Crippen LogP contribution in [0.5, 0.6) is 5.75 Å². The summed E-state index contributed by atoms with van der Waals surface area (Å²) in [5, 5.41) is 14.7. The van der Waals surface area contributed by atoms with E-state index in [1.165, 1.54) is 0 Å². The zero-order chi connectivity index (χ0) is 21.0. The first-order valence-corrected chi connectivity index (χ1v) is 10.5. The van der Waals surface area contributed by atoms with Crippen LogP contribution >= 0.6 is 24.0 Å². The summed E-state index contributed by atoms with van der Waals surface area (Å²) in [7, 11) is 0. The quantitative estimate of drug-likeness (QED) is 0.179. The number of halogens is 1. The highest BCUT2D eigenvalue weighted by molar-refractivity contribution is 14.0. The van der Waals surface area contributed by atoms with Crippen LogP contribution in [0.25, 0.3) is 11.1 Å². The lowest BCUT2D eigenvalue weighted by Crippen LogP contribution is -2.39. The molecule has 0 saturated carbocycles. The Kier molecular flexibility index (Phi) is 10.8. The van der Waals surface area contributed by atoms with Crippen LogP contribution in [0.4, 0.5) is 0 Å². The Morgan fingerprint density at radius 1 is 1.03 bits per heavy atom. The van der Waals surface area contributed by atoms with E-state index in [4.69, 9.17) is 4.74 Å². The third kappa shape index (κ3) is 7.54. The minimum absolute atomic E-state index is 0. The molecule has 0 bridgehead atoms. The first-order chi connectivity index (χ1) is 14.8. The van der Waals surface area contributed by atoms with E-state index in [9.17, 15) is 0 Å². The largest absolute Gasteiger partial charge is 0.491 e. The fraction of sp³-hybridized carbons (Fsp3) is 0.348. The predicted molar refractivity (Wildman–Crippen MR) is 136 cm³/mol. The zero-order valence-electron chi connectivity index (χ0n) is 18.1. The number of aryl methyl sites for hydroxylation is 1. The van der Waals surface area contributed by atoms with Crippen molar-refractivity contribution >= 4 is 29.9 Å². The van der Waals surface area contributed by atoms with Crippen molar-refractivity contribution < 1.29 is 4.74 Å². The molecule has 0 aliphatic heterocycles. The molecule has 2 N–H and O–H groups in total. The van der Waals surface area contributed by atoms with Crippen molar-refractivity contribution in [3.05, 3.63) is 66.7 Å². The van der Waals surface area contributed by atoms with E-state index in [0.717, 1.165) is 48.2 Å². The molecule has 0 spiro atoms. The number of ether oxygens (including phenoxy) is 1. The molecule has 8 heteroatoms. The van der Waals surface area contributed by atoms with Crippen molar-refractivity contribution in [1.82, 2.24) is 25.4 Å². The number of guanidine groups is 1. The number of aliphatic imine (C=N–C) groups is 1. The van der Waals surface area contributed by atoms with Gasteiger partial charge in [-0.05, 0) is 18.6 Å². The molecule has 0 saturated heterocycles. The molecule has 1 aromatic heterocycles. The number of nitrogens with zero attached hydrogens (tertiary/aromatic N) is 4. The monoisotopic (exact) mass is 534 g/mol. The lowest BCUT2D eigenvalue weighted by atomic mass is 10.1. The molecule has 0 aliphatic rings. The van der Waals surface area contributed by atoms with Crippen molar-refractivity contribution in [2.75, 3.05) is 26.2 Å². The van der Waals surface area contributed by atoms with Gasteiger partial charge in [0, 0.05) is 25.1 Å². The molecular formula is C23H31IN6O. The molecule has 0 amide bonds. The van der Waals surface area contributed by atoms with Gasteiger partial charge in [-0.1, -0.05) is 55.5 Å². The molecule has 0 aliphatic carbocycles. The van der Waals surface area contributed by atoms with Crippen LogP contribution in [-0.4, -0.2) is 47.0 Å².